The van der Waals surface area contributed by atoms with Crippen molar-refractivity contribution in [1.82, 2.24) is 4.90 Å². The molecule has 0 aromatic heterocycles. The molecule has 0 saturated carbocycles. The SMILES string of the molecule is [CH2]CCN1CCCOCC1. The minimum atomic E-state index is 0.903. The van der Waals surface area contributed by atoms with Crippen molar-refractivity contribution in [2.24, 2.45) is 0 Å². The average Bonchev–Trinajstić information content (AvgIpc) is 2.17. The zero-order valence-electron chi connectivity index (χ0n) is 6.51. The Kier molecular flexibility index (Phi) is 3.76. The molecule has 0 spiro atoms. The Hall–Kier alpha value is -0.0800. The summed E-state index contributed by atoms with van der Waals surface area (Å²) in [5.74, 6) is 0. The number of hydrogen-bond acceptors (Lipinski definition) is 2. The van der Waals surface area contributed by atoms with Crippen LogP contribution in [-0.2, 0) is 4.74 Å². The first kappa shape index (κ1) is 8.02. The van der Waals surface area contributed by atoms with Crippen molar-refractivity contribution in [3.63, 3.8) is 0 Å². The maximum absolute atomic E-state index is 5.31. The minimum Gasteiger partial charge on any atom is -0.380 e. The van der Waals surface area contributed by atoms with Gasteiger partial charge in [-0.1, -0.05) is 6.92 Å². The highest BCUT2D eigenvalue weighted by molar-refractivity contribution is 4.61. The molecule has 0 unspecified atom stereocenters. The molecule has 1 rings (SSSR count). The highest BCUT2D eigenvalue weighted by Gasteiger charge is 2.06. The number of hydrogen-bond donors (Lipinski definition) is 0. The summed E-state index contributed by atoms with van der Waals surface area (Å²) in [6.45, 7) is 9.08. The van der Waals surface area contributed by atoms with Gasteiger partial charge in [0.15, 0.2) is 0 Å². The number of nitrogens with zero attached hydrogens (tertiary/aromatic N) is 1. The summed E-state index contributed by atoms with van der Waals surface area (Å²) < 4.78 is 5.31. The smallest absolute Gasteiger partial charge is 0.0593 e. The van der Waals surface area contributed by atoms with Crippen LogP contribution in [0.1, 0.15) is 12.8 Å². The van der Waals surface area contributed by atoms with E-state index in [4.69, 9.17) is 4.74 Å². The topological polar surface area (TPSA) is 12.5 Å². The molecule has 1 heterocycles. The van der Waals surface area contributed by atoms with Gasteiger partial charge in [0.2, 0.25) is 0 Å². The highest BCUT2D eigenvalue weighted by atomic mass is 16.5. The fourth-order valence-electron chi connectivity index (χ4n) is 1.24. The maximum atomic E-state index is 5.31. The first-order valence-corrected chi connectivity index (χ1v) is 4.03. The van der Waals surface area contributed by atoms with Crippen molar-refractivity contribution < 1.29 is 4.74 Å². The van der Waals surface area contributed by atoms with Gasteiger partial charge in [-0.3, -0.25) is 0 Å². The Bertz CT molecular complexity index is 77.3. The van der Waals surface area contributed by atoms with Gasteiger partial charge >= 0.3 is 0 Å². The monoisotopic (exact) mass is 142 g/mol. The van der Waals surface area contributed by atoms with Gasteiger partial charge in [-0.05, 0) is 19.4 Å². The molecule has 59 valence electrons. The van der Waals surface area contributed by atoms with Crippen LogP contribution in [0.25, 0.3) is 0 Å². The molecule has 0 bridgehead atoms. The van der Waals surface area contributed by atoms with E-state index < -0.39 is 0 Å². The quantitative estimate of drug-likeness (QED) is 0.569. The zero-order valence-corrected chi connectivity index (χ0v) is 6.51. The van der Waals surface area contributed by atoms with E-state index in [1.807, 2.05) is 0 Å². The molecule has 1 saturated heterocycles. The van der Waals surface area contributed by atoms with Gasteiger partial charge in [0.1, 0.15) is 0 Å². The van der Waals surface area contributed by atoms with Gasteiger partial charge < -0.3 is 9.64 Å². The molecule has 1 aliphatic rings. The van der Waals surface area contributed by atoms with Crippen LogP contribution in [0.5, 0.6) is 0 Å². The average molecular weight is 142 g/mol. The molecule has 0 aromatic rings. The summed E-state index contributed by atoms with van der Waals surface area (Å²) in [5, 5.41) is 0. The minimum absolute atomic E-state index is 0.903. The molecule has 0 N–H and O–H groups in total. The second kappa shape index (κ2) is 4.69. The third-order valence-electron chi connectivity index (χ3n) is 1.79. The van der Waals surface area contributed by atoms with Crippen LogP contribution in [0.2, 0.25) is 0 Å². The van der Waals surface area contributed by atoms with Gasteiger partial charge in [0, 0.05) is 19.7 Å². The standard InChI is InChI=1S/C8H16NO/c1-2-4-9-5-3-7-10-8-6-9/h1-8H2. The van der Waals surface area contributed by atoms with E-state index in [0.29, 0.717) is 0 Å². The normalized spacial score (nSPS) is 22.5. The molecule has 1 fully saturated rings. The summed E-state index contributed by atoms with van der Waals surface area (Å²) in [4.78, 5) is 2.42. The molecule has 0 atom stereocenters. The van der Waals surface area contributed by atoms with Crippen LogP contribution in [-0.4, -0.2) is 37.7 Å². The van der Waals surface area contributed by atoms with Crippen molar-refractivity contribution in [3.8, 4) is 0 Å². The largest absolute Gasteiger partial charge is 0.380 e. The lowest BCUT2D eigenvalue weighted by atomic mass is 10.3. The van der Waals surface area contributed by atoms with E-state index in [0.717, 1.165) is 32.7 Å². The molecule has 2 nitrogen and oxygen atoms in total. The fraction of sp³-hybridized carbons (Fsp3) is 0.875. The first-order valence-electron chi connectivity index (χ1n) is 4.03. The van der Waals surface area contributed by atoms with E-state index in [1.54, 1.807) is 0 Å². The summed E-state index contributed by atoms with van der Waals surface area (Å²) in [6, 6.07) is 0. The first-order chi connectivity index (χ1) is 4.93. The van der Waals surface area contributed by atoms with Crippen LogP contribution in [0.15, 0.2) is 0 Å². The molecule has 0 amide bonds. The number of ether oxygens (including phenoxy) is 1. The van der Waals surface area contributed by atoms with Crippen LogP contribution in [0.4, 0.5) is 0 Å². The Morgan fingerprint density at radius 2 is 2.20 bits per heavy atom. The summed E-state index contributed by atoms with van der Waals surface area (Å²) in [5.41, 5.74) is 0. The van der Waals surface area contributed by atoms with Crippen molar-refractivity contribution in [1.29, 1.82) is 0 Å². The Balaban J connectivity index is 2.15. The van der Waals surface area contributed by atoms with Crippen LogP contribution in [0.3, 0.4) is 0 Å². The van der Waals surface area contributed by atoms with Crippen LogP contribution in [0, 0.1) is 6.92 Å². The van der Waals surface area contributed by atoms with Crippen molar-refractivity contribution in [2.75, 3.05) is 32.8 Å². The Morgan fingerprint density at radius 3 is 3.00 bits per heavy atom. The number of rotatable bonds is 2. The second-order valence-corrected chi connectivity index (χ2v) is 2.66. The highest BCUT2D eigenvalue weighted by Crippen LogP contribution is 1.98. The predicted molar refractivity (Wildman–Crippen MR) is 41.9 cm³/mol. The van der Waals surface area contributed by atoms with Crippen LogP contribution >= 0.6 is 0 Å². The summed E-state index contributed by atoms with van der Waals surface area (Å²) in [6.07, 6.45) is 2.19. The van der Waals surface area contributed by atoms with Crippen molar-refractivity contribution in [3.05, 3.63) is 6.92 Å². The predicted octanol–water partition coefficient (Wildman–Crippen LogP) is 0.933. The Labute approximate surface area is 63.2 Å². The van der Waals surface area contributed by atoms with Gasteiger partial charge in [0.05, 0.1) is 6.61 Å². The van der Waals surface area contributed by atoms with Crippen molar-refractivity contribution in [2.45, 2.75) is 12.8 Å². The molecular formula is C8H16NO. The molecular weight excluding hydrogens is 126 g/mol. The lowest BCUT2D eigenvalue weighted by molar-refractivity contribution is 0.141. The molecule has 10 heavy (non-hydrogen) atoms. The zero-order chi connectivity index (χ0) is 7.23. The van der Waals surface area contributed by atoms with Crippen LogP contribution < -0.4 is 0 Å². The van der Waals surface area contributed by atoms with Gasteiger partial charge in [-0.15, -0.1) is 0 Å². The third kappa shape index (κ3) is 2.67. The molecule has 2 heteroatoms. The third-order valence-corrected chi connectivity index (χ3v) is 1.79. The van der Waals surface area contributed by atoms with Gasteiger partial charge in [-0.25, -0.2) is 0 Å². The van der Waals surface area contributed by atoms with Crippen molar-refractivity contribution >= 4 is 0 Å². The van der Waals surface area contributed by atoms with Gasteiger partial charge in [0.25, 0.3) is 0 Å². The van der Waals surface area contributed by atoms with E-state index >= 15 is 0 Å². The fourth-order valence-corrected chi connectivity index (χ4v) is 1.24. The van der Waals surface area contributed by atoms with E-state index in [1.165, 1.54) is 13.0 Å². The lowest BCUT2D eigenvalue weighted by Gasteiger charge is -2.16. The van der Waals surface area contributed by atoms with E-state index in [9.17, 15) is 0 Å². The molecule has 0 aliphatic carbocycles. The van der Waals surface area contributed by atoms with E-state index in [-0.39, 0.29) is 0 Å². The summed E-state index contributed by atoms with van der Waals surface area (Å²) >= 11 is 0. The molecule has 0 aromatic carbocycles. The lowest BCUT2D eigenvalue weighted by Crippen LogP contribution is -2.26. The maximum Gasteiger partial charge on any atom is 0.0593 e. The summed E-state index contributed by atoms with van der Waals surface area (Å²) in [7, 11) is 0. The second-order valence-electron chi connectivity index (χ2n) is 2.66. The molecule has 1 radical (unpaired) electrons. The molecule has 1 aliphatic heterocycles. The van der Waals surface area contributed by atoms with Gasteiger partial charge in [-0.2, -0.15) is 0 Å². The Morgan fingerprint density at radius 1 is 1.30 bits per heavy atom. The van der Waals surface area contributed by atoms with E-state index in [2.05, 4.69) is 11.8 Å².